The first-order chi connectivity index (χ1) is 9.39. The van der Waals surface area contributed by atoms with Gasteiger partial charge in [-0.1, -0.05) is 0 Å². The van der Waals surface area contributed by atoms with E-state index in [1.165, 1.54) is 0 Å². The molecule has 0 aliphatic rings. The molecule has 1 rings (SSSR count). The van der Waals surface area contributed by atoms with Crippen LogP contribution >= 0.6 is 0 Å². The number of carboxylic acid groups (broad SMARTS) is 1. The maximum atomic E-state index is 13.6. The van der Waals surface area contributed by atoms with Crippen molar-refractivity contribution >= 4 is 16.0 Å². The zero-order chi connectivity index (χ0) is 16.6. The van der Waals surface area contributed by atoms with Crippen molar-refractivity contribution < 1.29 is 35.9 Å². The molecule has 0 saturated carbocycles. The molecule has 0 aliphatic carbocycles. The van der Waals surface area contributed by atoms with Crippen LogP contribution in [-0.2, 0) is 21.0 Å². The lowest BCUT2D eigenvalue weighted by Crippen LogP contribution is -2.40. The Morgan fingerprint density at radius 2 is 1.86 bits per heavy atom. The second-order valence-corrected chi connectivity index (χ2v) is 6.14. The molecule has 5 nitrogen and oxygen atoms in total. The second-order valence-electron chi connectivity index (χ2n) is 4.18. The summed E-state index contributed by atoms with van der Waals surface area (Å²) in [7, 11) is -3.88. The van der Waals surface area contributed by atoms with Gasteiger partial charge < -0.3 is 5.11 Å². The van der Waals surface area contributed by atoms with Crippen LogP contribution in [0.5, 0.6) is 0 Å². The minimum Gasteiger partial charge on any atom is -0.480 e. The first kappa shape index (κ1) is 17.4. The fourth-order valence-electron chi connectivity index (χ4n) is 1.40. The van der Waals surface area contributed by atoms with E-state index in [1.807, 2.05) is 0 Å². The summed E-state index contributed by atoms with van der Waals surface area (Å²) in [6.07, 6.45) is -4.85. The van der Waals surface area contributed by atoms with Gasteiger partial charge >= 0.3 is 12.1 Å². The first-order valence-corrected chi connectivity index (χ1v) is 6.90. The molecule has 0 amide bonds. The highest BCUT2D eigenvalue weighted by Crippen LogP contribution is 2.32. The third kappa shape index (κ3) is 3.50. The zero-order valence-corrected chi connectivity index (χ0v) is 11.7. The maximum Gasteiger partial charge on any atom is 0.416 e. The highest BCUT2D eigenvalue weighted by atomic mass is 32.2. The van der Waals surface area contributed by atoms with Gasteiger partial charge in [-0.2, -0.15) is 17.5 Å². The van der Waals surface area contributed by atoms with Crippen molar-refractivity contribution in [2.45, 2.75) is 24.0 Å². The van der Waals surface area contributed by atoms with Crippen molar-refractivity contribution in [2.75, 3.05) is 7.05 Å². The number of halogens is 4. The largest absolute Gasteiger partial charge is 0.480 e. The number of carbonyl (C=O) groups is 1. The number of hydrogen-bond donors (Lipinski definition) is 1. The van der Waals surface area contributed by atoms with Crippen molar-refractivity contribution in [1.29, 1.82) is 0 Å². The van der Waals surface area contributed by atoms with Crippen molar-refractivity contribution in [2.24, 2.45) is 0 Å². The van der Waals surface area contributed by atoms with E-state index in [2.05, 4.69) is 0 Å². The summed E-state index contributed by atoms with van der Waals surface area (Å²) in [5, 5.41) is 8.74. The van der Waals surface area contributed by atoms with E-state index in [-0.39, 0.29) is 10.4 Å². The minimum absolute atomic E-state index is 0.135. The predicted octanol–water partition coefficient (Wildman–Crippen LogP) is 1.94. The number of sulfonamides is 1. The molecule has 0 bridgehead atoms. The van der Waals surface area contributed by atoms with Crippen LogP contribution in [0, 0.1) is 5.82 Å². The van der Waals surface area contributed by atoms with E-state index in [4.69, 9.17) is 5.11 Å². The zero-order valence-electron chi connectivity index (χ0n) is 10.8. The standard InChI is InChI=1S/C11H11F4NO4S/c1-6(10(17)18)16(2)21(19,20)9-5-7(11(13,14)15)3-4-8(9)12/h3-6H,1-2H3,(H,17,18). The Kier molecular flexibility index (Phi) is 4.63. The molecule has 0 saturated heterocycles. The van der Waals surface area contributed by atoms with Crippen molar-refractivity contribution in [3.8, 4) is 0 Å². The highest BCUT2D eigenvalue weighted by molar-refractivity contribution is 7.89. The van der Waals surface area contributed by atoms with E-state index in [0.717, 1.165) is 14.0 Å². The van der Waals surface area contributed by atoms with Gasteiger partial charge in [0.25, 0.3) is 0 Å². The average Bonchev–Trinajstić information content (AvgIpc) is 2.35. The van der Waals surface area contributed by atoms with Gasteiger partial charge in [0.05, 0.1) is 5.56 Å². The van der Waals surface area contributed by atoms with Gasteiger partial charge in [0.2, 0.25) is 10.0 Å². The quantitative estimate of drug-likeness (QED) is 0.857. The fourth-order valence-corrected chi connectivity index (χ4v) is 2.80. The Labute approximate surface area is 117 Å². The smallest absolute Gasteiger partial charge is 0.416 e. The highest BCUT2D eigenvalue weighted by Gasteiger charge is 2.36. The normalized spacial score (nSPS) is 14.2. The number of alkyl halides is 3. The number of carboxylic acids is 1. The second kappa shape index (κ2) is 5.60. The van der Waals surface area contributed by atoms with Crippen LogP contribution in [0.25, 0.3) is 0 Å². The molecule has 0 aromatic heterocycles. The SMILES string of the molecule is CC(C(=O)O)N(C)S(=O)(=O)c1cc(C(F)(F)F)ccc1F. The van der Waals surface area contributed by atoms with E-state index in [1.54, 1.807) is 0 Å². The minimum atomic E-state index is -4.85. The molecular weight excluding hydrogens is 318 g/mol. The van der Waals surface area contributed by atoms with Gasteiger partial charge in [0.15, 0.2) is 0 Å². The van der Waals surface area contributed by atoms with Crippen LogP contribution in [0.3, 0.4) is 0 Å². The number of benzene rings is 1. The Hall–Kier alpha value is -1.68. The third-order valence-electron chi connectivity index (χ3n) is 2.82. The Morgan fingerprint density at radius 3 is 2.29 bits per heavy atom. The summed E-state index contributed by atoms with van der Waals surface area (Å²) in [6, 6.07) is -0.663. The molecule has 10 heteroatoms. The lowest BCUT2D eigenvalue weighted by Gasteiger charge is -2.21. The van der Waals surface area contributed by atoms with Gasteiger partial charge in [-0.15, -0.1) is 0 Å². The lowest BCUT2D eigenvalue weighted by atomic mass is 10.2. The van der Waals surface area contributed by atoms with E-state index >= 15 is 0 Å². The molecule has 1 N–H and O–H groups in total. The summed E-state index contributed by atoms with van der Waals surface area (Å²) >= 11 is 0. The van der Waals surface area contributed by atoms with Gasteiger partial charge in [-0.25, -0.2) is 12.8 Å². The topological polar surface area (TPSA) is 74.7 Å². The lowest BCUT2D eigenvalue weighted by molar-refractivity contribution is -0.140. The number of hydrogen-bond acceptors (Lipinski definition) is 3. The molecule has 1 atom stereocenters. The Morgan fingerprint density at radius 1 is 1.33 bits per heavy atom. The summed E-state index contributed by atoms with van der Waals surface area (Å²) in [4.78, 5) is 9.52. The maximum absolute atomic E-state index is 13.6. The van der Waals surface area contributed by atoms with Gasteiger partial charge in [0, 0.05) is 7.05 Å². The van der Waals surface area contributed by atoms with Crippen molar-refractivity contribution in [3.05, 3.63) is 29.6 Å². The molecular formula is C11H11F4NO4S. The van der Waals surface area contributed by atoms with E-state index in [9.17, 15) is 30.8 Å². The number of nitrogens with zero attached hydrogens (tertiary/aromatic N) is 1. The molecule has 0 spiro atoms. The molecule has 0 aliphatic heterocycles. The summed E-state index contributed by atoms with van der Waals surface area (Å²) < 4.78 is 75.6. The molecule has 118 valence electrons. The van der Waals surface area contributed by atoms with Crippen molar-refractivity contribution in [3.63, 3.8) is 0 Å². The molecule has 1 aromatic rings. The van der Waals surface area contributed by atoms with E-state index < -0.39 is 44.5 Å². The summed E-state index contributed by atoms with van der Waals surface area (Å²) in [6.45, 7) is 1.01. The number of rotatable bonds is 4. The summed E-state index contributed by atoms with van der Waals surface area (Å²) in [5.41, 5.74) is -1.35. The molecule has 1 unspecified atom stereocenters. The monoisotopic (exact) mass is 329 g/mol. The average molecular weight is 329 g/mol. The molecule has 21 heavy (non-hydrogen) atoms. The van der Waals surface area contributed by atoms with Crippen LogP contribution in [0.1, 0.15) is 12.5 Å². The van der Waals surface area contributed by atoms with Crippen LogP contribution < -0.4 is 0 Å². The van der Waals surface area contributed by atoms with Crippen LogP contribution in [0.15, 0.2) is 23.1 Å². The molecule has 0 radical (unpaired) electrons. The Balaban J connectivity index is 3.41. The predicted molar refractivity (Wildman–Crippen MR) is 63.4 cm³/mol. The van der Waals surface area contributed by atoms with Gasteiger partial charge in [0.1, 0.15) is 16.8 Å². The molecule has 0 fully saturated rings. The first-order valence-electron chi connectivity index (χ1n) is 5.46. The summed E-state index contributed by atoms with van der Waals surface area (Å²) in [5.74, 6) is -2.92. The molecule has 0 heterocycles. The number of likely N-dealkylation sites (N-methyl/N-ethyl adjacent to an activating group) is 1. The Bertz CT molecular complexity index is 657. The third-order valence-corrected chi connectivity index (χ3v) is 4.76. The van der Waals surface area contributed by atoms with Crippen molar-refractivity contribution in [1.82, 2.24) is 4.31 Å². The van der Waals surface area contributed by atoms with Crippen LogP contribution in [0.2, 0.25) is 0 Å². The molecule has 1 aromatic carbocycles. The van der Waals surface area contributed by atoms with Gasteiger partial charge in [-0.05, 0) is 25.1 Å². The fraction of sp³-hybridized carbons (Fsp3) is 0.364. The van der Waals surface area contributed by atoms with Crippen LogP contribution in [0.4, 0.5) is 17.6 Å². The van der Waals surface area contributed by atoms with Crippen LogP contribution in [-0.4, -0.2) is 36.9 Å². The van der Waals surface area contributed by atoms with Gasteiger partial charge in [-0.3, -0.25) is 4.79 Å². The number of aliphatic carboxylic acids is 1. The van der Waals surface area contributed by atoms with E-state index in [0.29, 0.717) is 12.1 Å².